The summed E-state index contributed by atoms with van der Waals surface area (Å²) in [7, 11) is 0. The minimum atomic E-state index is -0.386. The van der Waals surface area contributed by atoms with Gasteiger partial charge in [-0.1, -0.05) is 72.1 Å². The molecule has 3 nitrogen and oxygen atoms in total. The summed E-state index contributed by atoms with van der Waals surface area (Å²) in [6.45, 7) is 13.5. The molecule has 1 heterocycles. The Hall–Kier alpha value is 0.0864. The zero-order chi connectivity index (χ0) is 20.5. The van der Waals surface area contributed by atoms with Crippen LogP contribution in [0.1, 0.15) is 73.4 Å². The average molecular weight is 422 g/mol. The second-order valence-electron chi connectivity index (χ2n) is 5.71. The predicted molar refractivity (Wildman–Crippen MR) is 109 cm³/mol. The molecule has 0 saturated carbocycles. The summed E-state index contributed by atoms with van der Waals surface area (Å²) in [6.07, 6.45) is 10.2. The number of allylic oxidation sites excluding steroid dienone is 1. The van der Waals surface area contributed by atoms with Crippen molar-refractivity contribution in [1.82, 2.24) is 4.98 Å². The molecule has 0 spiro atoms. The molecule has 0 fully saturated rings. The minimum absolute atomic E-state index is 0. The number of ketones is 1. The van der Waals surface area contributed by atoms with E-state index in [0.717, 1.165) is 25.5 Å². The van der Waals surface area contributed by atoms with E-state index in [9.17, 15) is 9.18 Å². The van der Waals surface area contributed by atoms with Crippen LogP contribution in [0.25, 0.3) is 0 Å². The minimum Gasteiger partial charge on any atom is -0.526 e. The molecule has 0 aliphatic carbocycles. The van der Waals surface area contributed by atoms with E-state index in [0.29, 0.717) is 17.5 Å². The first-order valence-corrected chi connectivity index (χ1v) is 9.52. The van der Waals surface area contributed by atoms with Crippen LogP contribution in [0.4, 0.5) is 4.39 Å². The first kappa shape index (κ1) is 31.8. The molecular formula is C21H32ClFKN2O-. The van der Waals surface area contributed by atoms with E-state index in [1.165, 1.54) is 26.0 Å². The van der Waals surface area contributed by atoms with Crippen molar-refractivity contribution in [2.24, 2.45) is 16.8 Å². The number of hydrogen-bond acceptors (Lipinski definition) is 3. The van der Waals surface area contributed by atoms with Gasteiger partial charge in [-0.3, -0.25) is 4.98 Å². The van der Waals surface area contributed by atoms with Gasteiger partial charge in [-0.15, -0.1) is 6.07 Å². The van der Waals surface area contributed by atoms with E-state index in [2.05, 4.69) is 43.0 Å². The van der Waals surface area contributed by atoms with Crippen molar-refractivity contribution in [3.8, 4) is 0 Å². The van der Waals surface area contributed by atoms with Crippen LogP contribution in [-0.4, -0.2) is 17.0 Å². The number of aliphatic imine (C=N–C) groups is 1. The third kappa shape index (κ3) is 19.2. The number of carbonyl (C=O) groups excluding carboxylic acids is 1. The second kappa shape index (κ2) is 20.8. The number of rotatable bonds is 7. The number of hydrogen-bond donors (Lipinski definition) is 0. The molecule has 0 radical (unpaired) electrons. The molecule has 1 aromatic rings. The molecule has 0 aliphatic heterocycles. The van der Waals surface area contributed by atoms with Crippen LogP contribution in [0.15, 0.2) is 28.5 Å². The topological polar surface area (TPSA) is 42.3 Å². The van der Waals surface area contributed by atoms with E-state index in [-0.39, 0.29) is 68.1 Å². The first-order chi connectivity index (χ1) is 12.3. The Balaban J connectivity index is -0.000000727. The third-order valence-corrected chi connectivity index (χ3v) is 3.42. The average Bonchev–Trinajstić information content (AvgIpc) is 2.61. The maximum Gasteiger partial charge on any atom is 1.00 e. The van der Waals surface area contributed by atoms with Crippen molar-refractivity contribution in [2.75, 3.05) is 0 Å². The van der Waals surface area contributed by atoms with E-state index >= 15 is 0 Å². The number of carbonyl (C=O) groups is 1. The molecule has 0 saturated heterocycles. The third-order valence-electron chi connectivity index (χ3n) is 3.23. The summed E-state index contributed by atoms with van der Waals surface area (Å²) in [5.41, 5.74) is 0.446. The predicted octanol–water partition coefficient (Wildman–Crippen LogP) is 3.49. The molecule has 0 aromatic carbocycles. The molecular weight excluding hydrogens is 390 g/mol. The van der Waals surface area contributed by atoms with E-state index < -0.39 is 0 Å². The van der Waals surface area contributed by atoms with Crippen molar-refractivity contribution in [1.29, 1.82) is 0 Å². The fraction of sp³-hybridized carbons (Fsp3) is 0.571. The molecule has 0 amide bonds. The van der Waals surface area contributed by atoms with E-state index in [4.69, 9.17) is 11.6 Å². The van der Waals surface area contributed by atoms with Crippen molar-refractivity contribution in [3.63, 3.8) is 0 Å². The van der Waals surface area contributed by atoms with Crippen molar-refractivity contribution in [2.45, 2.75) is 67.7 Å². The van der Waals surface area contributed by atoms with Crippen molar-refractivity contribution in [3.05, 3.63) is 41.1 Å². The van der Waals surface area contributed by atoms with Crippen LogP contribution in [0, 0.1) is 23.7 Å². The van der Waals surface area contributed by atoms with Crippen LogP contribution in [0.3, 0.4) is 0 Å². The van der Waals surface area contributed by atoms with Crippen LogP contribution in [0.5, 0.6) is 0 Å². The van der Waals surface area contributed by atoms with E-state index in [1.54, 1.807) is 0 Å². The summed E-state index contributed by atoms with van der Waals surface area (Å²) in [5.74, 6) is 0.593. The van der Waals surface area contributed by atoms with Gasteiger partial charge in [0.15, 0.2) is 0 Å². The number of halogens is 2. The van der Waals surface area contributed by atoms with Gasteiger partial charge in [-0.25, -0.2) is 4.39 Å². The van der Waals surface area contributed by atoms with Gasteiger partial charge in [0, 0.05) is 0 Å². The quantitative estimate of drug-likeness (QED) is 0.292. The van der Waals surface area contributed by atoms with E-state index in [1.807, 2.05) is 13.8 Å². The molecule has 1 rings (SSSR count). The molecule has 148 valence electrons. The number of aromatic nitrogens is 1. The zero-order valence-corrected chi connectivity index (χ0v) is 21.9. The van der Waals surface area contributed by atoms with Gasteiger partial charge in [0.05, 0.1) is 6.20 Å². The molecule has 0 unspecified atom stereocenters. The van der Waals surface area contributed by atoms with Gasteiger partial charge >= 0.3 is 51.4 Å². The number of pyridine rings is 1. The first-order valence-electron chi connectivity index (χ1n) is 9.14. The van der Waals surface area contributed by atoms with Crippen LogP contribution in [-0.2, 0) is 4.79 Å². The Bertz CT molecular complexity index is 544. The van der Waals surface area contributed by atoms with Gasteiger partial charge in [0.25, 0.3) is 0 Å². The van der Waals surface area contributed by atoms with Crippen LogP contribution >= 0.6 is 11.6 Å². The molecule has 0 aliphatic rings. The second-order valence-corrected chi connectivity index (χ2v) is 6.07. The monoisotopic (exact) mass is 421 g/mol. The number of nitrogens with zero attached hydrogens (tertiary/aromatic N) is 2. The van der Waals surface area contributed by atoms with Gasteiger partial charge in [-0.2, -0.15) is 22.7 Å². The van der Waals surface area contributed by atoms with Crippen LogP contribution < -0.4 is 51.4 Å². The molecule has 6 heteroatoms. The number of Topliss-reactive ketones (excluding diaryl/α,β-unsaturated/α-hetero) is 1. The summed E-state index contributed by atoms with van der Waals surface area (Å²) < 4.78 is 12.7. The Morgan fingerprint density at radius 1 is 1.30 bits per heavy atom. The van der Waals surface area contributed by atoms with Crippen LogP contribution in [0.2, 0.25) is 0 Å². The van der Waals surface area contributed by atoms with Gasteiger partial charge in [0.1, 0.15) is 11.6 Å². The Morgan fingerprint density at radius 2 is 1.85 bits per heavy atom. The standard InChI is InChI=1S/C16H20ClFN2.C3H6O.C2H6.K/c1-4-6-13(12(3)5-2)9-16(17)20-11-15-8-7-14(18)10-19-15;1-3(2)4;1-2;/h7-8,10,12-13H,4-6H2,1-3H3;1-2H3;1-2H3;/q-2;;;+1/t12-,13-;;;/m0.../s1. The van der Waals surface area contributed by atoms with Gasteiger partial charge in [-0.05, 0) is 19.5 Å². The van der Waals surface area contributed by atoms with Gasteiger partial charge < -0.3 is 15.9 Å². The summed E-state index contributed by atoms with van der Waals surface area (Å²) in [4.78, 5) is 17.3. The smallest absolute Gasteiger partial charge is 0.526 e. The maximum atomic E-state index is 12.7. The van der Waals surface area contributed by atoms with Crippen molar-refractivity contribution >= 4 is 23.6 Å². The Morgan fingerprint density at radius 3 is 2.26 bits per heavy atom. The largest absolute Gasteiger partial charge is 1.00 e. The SMILES string of the molecule is CC.CC(C)=O.CCC[C@@H]([C-]=C(Cl)N=[C-]c1ccc(F)cn1)[C@@H](C)CC.[K+]. The summed E-state index contributed by atoms with van der Waals surface area (Å²) >= 11 is 6.07. The molecule has 27 heavy (non-hydrogen) atoms. The van der Waals surface area contributed by atoms with Gasteiger partial charge in [0.2, 0.25) is 0 Å². The summed E-state index contributed by atoms with van der Waals surface area (Å²) in [5, 5.41) is 0.287. The Labute approximate surface area is 212 Å². The summed E-state index contributed by atoms with van der Waals surface area (Å²) in [6, 6.07) is 2.81. The normalized spacial score (nSPS) is 12.7. The fourth-order valence-electron chi connectivity index (χ4n) is 1.83. The molecule has 0 N–H and O–H groups in total. The van der Waals surface area contributed by atoms with Crippen molar-refractivity contribution < 1.29 is 60.6 Å². The molecule has 0 bridgehead atoms. The molecule has 1 aromatic heterocycles. The fourth-order valence-corrected chi connectivity index (χ4v) is 2.01. The zero-order valence-electron chi connectivity index (χ0n) is 18.1. The Kier molecular flexibility index (Phi) is 24.5. The molecule has 2 atom stereocenters. The maximum absolute atomic E-state index is 12.7.